The Balaban J connectivity index is 1.49. The first kappa shape index (κ1) is 18.9. The Kier molecular flexibility index (Phi) is 5.12. The topological polar surface area (TPSA) is 75.4 Å². The molecule has 0 radical (unpaired) electrons. The van der Waals surface area contributed by atoms with Crippen LogP contribution in [0.5, 0.6) is 0 Å². The van der Waals surface area contributed by atoms with E-state index in [0.29, 0.717) is 17.9 Å². The van der Waals surface area contributed by atoms with Gasteiger partial charge in [0.15, 0.2) is 5.69 Å². The molecule has 2 aromatic carbocycles. The van der Waals surface area contributed by atoms with Crippen LogP contribution in [0, 0.1) is 0 Å². The summed E-state index contributed by atoms with van der Waals surface area (Å²) in [6.45, 7) is 0. The number of benzene rings is 2. The lowest BCUT2D eigenvalue weighted by molar-refractivity contribution is -0.121. The zero-order valence-electron chi connectivity index (χ0n) is 15.8. The summed E-state index contributed by atoms with van der Waals surface area (Å²) >= 11 is 0. The first-order valence-electron chi connectivity index (χ1n) is 9.33. The van der Waals surface area contributed by atoms with Gasteiger partial charge in [-0.1, -0.05) is 53.7 Å². The molecule has 1 aromatic heterocycles. The van der Waals surface area contributed by atoms with Gasteiger partial charge in [0, 0.05) is 31.6 Å². The van der Waals surface area contributed by atoms with Gasteiger partial charge in [0.1, 0.15) is 18.0 Å². The maximum absolute atomic E-state index is 14.9. The number of para-hydroxylation sites is 1. The highest BCUT2D eigenvalue weighted by atomic mass is 19.1. The van der Waals surface area contributed by atoms with Crippen molar-refractivity contribution < 1.29 is 18.5 Å². The molecule has 0 spiro atoms. The minimum Gasteiger partial charge on any atom is -0.360 e. The number of anilines is 1. The van der Waals surface area contributed by atoms with Crippen LogP contribution in [0.25, 0.3) is 0 Å². The summed E-state index contributed by atoms with van der Waals surface area (Å²) in [5.41, 5.74) is 2.39. The van der Waals surface area contributed by atoms with E-state index in [2.05, 4.69) is 10.5 Å². The minimum absolute atomic E-state index is 0.0142. The van der Waals surface area contributed by atoms with Gasteiger partial charge >= 0.3 is 0 Å². The van der Waals surface area contributed by atoms with Crippen molar-refractivity contribution >= 4 is 17.5 Å². The third kappa shape index (κ3) is 3.89. The first-order valence-corrected chi connectivity index (χ1v) is 9.33. The zero-order valence-corrected chi connectivity index (χ0v) is 15.8. The number of nitrogens with zero attached hydrogens (tertiary/aromatic N) is 2. The van der Waals surface area contributed by atoms with Crippen molar-refractivity contribution in [2.75, 3.05) is 11.9 Å². The molecule has 148 valence electrons. The van der Waals surface area contributed by atoms with Crippen molar-refractivity contribution in [3.8, 4) is 0 Å². The van der Waals surface area contributed by atoms with Gasteiger partial charge in [0.25, 0.3) is 11.8 Å². The highest BCUT2D eigenvalue weighted by Gasteiger charge is 2.37. The second-order valence-corrected chi connectivity index (χ2v) is 7.04. The van der Waals surface area contributed by atoms with Crippen LogP contribution >= 0.6 is 0 Å². The molecule has 2 atom stereocenters. The van der Waals surface area contributed by atoms with E-state index in [1.807, 2.05) is 30.3 Å². The number of carbonyl (C=O) groups is 2. The van der Waals surface area contributed by atoms with Crippen LogP contribution < -0.4 is 10.2 Å². The van der Waals surface area contributed by atoms with Crippen LogP contribution in [-0.4, -0.2) is 36.2 Å². The monoisotopic (exact) mass is 393 g/mol. The molecular weight excluding hydrogens is 373 g/mol. The van der Waals surface area contributed by atoms with E-state index in [-0.39, 0.29) is 12.1 Å². The number of aromatic nitrogens is 1. The molecule has 2 unspecified atom stereocenters. The molecule has 0 aliphatic carbocycles. The smallest absolute Gasteiger partial charge is 0.274 e. The molecule has 4 rings (SSSR count). The predicted octanol–water partition coefficient (Wildman–Crippen LogP) is 2.92. The zero-order chi connectivity index (χ0) is 20.4. The third-order valence-electron chi connectivity index (χ3n) is 5.03. The average molecular weight is 393 g/mol. The molecule has 0 saturated carbocycles. The van der Waals surface area contributed by atoms with E-state index in [0.717, 1.165) is 11.1 Å². The molecule has 0 bridgehead atoms. The molecule has 1 N–H and O–H groups in total. The van der Waals surface area contributed by atoms with Crippen LogP contribution in [0.2, 0.25) is 0 Å². The van der Waals surface area contributed by atoms with Crippen molar-refractivity contribution in [3.05, 3.63) is 83.2 Å². The molecule has 1 aliphatic rings. The molecule has 2 amide bonds. The van der Waals surface area contributed by atoms with Crippen molar-refractivity contribution in [2.45, 2.75) is 25.1 Å². The van der Waals surface area contributed by atoms with Gasteiger partial charge in [-0.25, -0.2) is 4.39 Å². The number of nitrogens with one attached hydrogen (secondary N) is 1. The van der Waals surface area contributed by atoms with E-state index in [9.17, 15) is 14.0 Å². The van der Waals surface area contributed by atoms with Crippen LogP contribution in [0.4, 0.5) is 10.1 Å². The summed E-state index contributed by atoms with van der Waals surface area (Å²) in [5, 5.41) is 6.26. The van der Waals surface area contributed by atoms with Gasteiger partial charge in [-0.05, 0) is 17.2 Å². The number of amides is 2. The highest BCUT2D eigenvalue weighted by Crippen LogP contribution is 2.27. The molecule has 2 heterocycles. The standard InChI is InChI=1S/C22H20FN3O3/c1-26-19-10-6-5-9-15(19)12-17(23)20(22(26)28)24-21(27)18-13-16(29-25-18)11-14-7-3-2-4-8-14/h2-10,13,17,20H,11-12H2,1H3,(H,24,27). The average Bonchev–Trinajstić information content (AvgIpc) is 3.17. The van der Waals surface area contributed by atoms with Crippen LogP contribution in [0.3, 0.4) is 0 Å². The molecule has 3 aromatic rings. The fraction of sp³-hybridized carbons (Fsp3) is 0.227. The Morgan fingerprint density at radius 3 is 2.72 bits per heavy atom. The van der Waals surface area contributed by atoms with E-state index >= 15 is 0 Å². The normalized spacial score (nSPS) is 18.8. The van der Waals surface area contributed by atoms with Gasteiger partial charge in [-0.15, -0.1) is 0 Å². The Morgan fingerprint density at radius 2 is 1.93 bits per heavy atom. The summed E-state index contributed by atoms with van der Waals surface area (Å²) in [6.07, 6.45) is -1.03. The number of carbonyl (C=O) groups excluding carboxylic acids is 2. The van der Waals surface area contributed by atoms with Gasteiger partial charge in [0.05, 0.1) is 0 Å². The fourth-order valence-corrected chi connectivity index (χ4v) is 3.49. The predicted molar refractivity (Wildman–Crippen MR) is 105 cm³/mol. The second kappa shape index (κ2) is 7.87. The Hall–Kier alpha value is -3.48. The lowest BCUT2D eigenvalue weighted by Gasteiger charge is -2.22. The van der Waals surface area contributed by atoms with Crippen molar-refractivity contribution in [2.24, 2.45) is 0 Å². The molecule has 1 aliphatic heterocycles. The highest BCUT2D eigenvalue weighted by molar-refractivity contribution is 6.02. The number of halogens is 1. The van der Waals surface area contributed by atoms with E-state index in [4.69, 9.17) is 4.52 Å². The molecular formula is C22H20FN3O3. The minimum atomic E-state index is -1.55. The van der Waals surface area contributed by atoms with Crippen molar-refractivity contribution in [3.63, 3.8) is 0 Å². The van der Waals surface area contributed by atoms with Crippen molar-refractivity contribution in [1.29, 1.82) is 0 Å². The maximum Gasteiger partial charge on any atom is 0.274 e. The lowest BCUT2D eigenvalue weighted by atomic mass is 10.0. The molecule has 0 fully saturated rings. The molecule has 0 saturated heterocycles. The number of rotatable bonds is 4. The van der Waals surface area contributed by atoms with Crippen LogP contribution in [0.1, 0.15) is 27.4 Å². The van der Waals surface area contributed by atoms with E-state index in [1.54, 1.807) is 31.3 Å². The number of hydrogen-bond donors (Lipinski definition) is 1. The lowest BCUT2D eigenvalue weighted by Crippen LogP contribution is -2.51. The summed E-state index contributed by atoms with van der Waals surface area (Å²) < 4.78 is 20.1. The van der Waals surface area contributed by atoms with Gasteiger partial charge in [-0.3, -0.25) is 9.59 Å². The Bertz CT molecular complexity index is 1030. The van der Waals surface area contributed by atoms with E-state index < -0.39 is 24.0 Å². The van der Waals surface area contributed by atoms with Crippen LogP contribution in [0.15, 0.2) is 65.2 Å². The maximum atomic E-state index is 14.9. The first-order chi connectivity index (χ1) is 14.0. The molecule has 6 nitrogen and oxygen atoms in total. The SMILES string of the molecule is CN1C(=O)C(NC(=O)c2cc(Cc3ccccc3)on2)C(F)Cc2ccccc21. The van der Waals surface area contributed by atoms with Gasteiger partial charge < -0.3 is 14.7 Å². The summed E-state index contributed by atoms with van der Waals surface area (Å²) in [6, 6.07) is 17.0. The van der Waals surface area contributed by atoms with Gasteiger partial charge in [0.2, 0.25) is 0 Å². The van der Waals surface area contributed by atoms with E-state index in [1.165, 1.54) is 11.0 Å². The van der Waals surface area contributed by atoms with Crippen LogP contribution in [-0.2, 0) is 17.6 Å². The third-order valence-corrected chi connectivity index (χ3v) is 5.03. The summed E-state index contributed by atoms with van der Waals surface area (Å²) in [7, 11) is 1.58. The quantitative estimate of drug-likeness (QED) is 0.740. The number of fused-ring (bicyclic) bond motifs is 1. The second-order valence-electron chi connectivity index (χ2n) is 7.04. The number of alkyl halides is 1. The van der Waals surface area contributed by atoms with Gasteiger partial charge in [-0.2, -0.15) is 0 Å². The molecule has 29 heavy (non-hydrogen) atoms. The number of hydrogen-bond acceptors (Lipinski definition) is 4. The molecule has 7 heteroatoms. The summed E-state index contributed by atoms with van der Waals surface area (Å²) in [5.74, 6) is -0.646. The Labute approximate surface area is 167 Å². The fourth-order valence-electron chi connectivity index (χ4n) is 3.49. The summed E-state index contributed by atoms with van der Waals surface area (Å²) in [4.78, 5) is 26.7. The number of likely N-dealkylation sites (N-methyl/N-ethyl adjacent to an activating group) is 1. The Morgan fingerprint density at radius 1 is 1.21 bits per heavy atom. The van der Waals surface area contributed by atoms with Crippen molar-refractivity contribution in [1.82, 2.24) is 10.5 Å². The largest absolute Gasteiger partial charge is 0.360 e.